The molecular weight excluding hydrogens is 807 g/mol. The van der Waals surface area contributed by atoms with E-state index >= 15 is 0 Å². The number of hydroxylamine groups is 2. The lowest BCUT2D eigenvalue weighted by Gasteiger charge is -2.33. The fourth-order valence-corrected chi connectivity index (χ4v) is 11.4. The zero-order chi connectivity index (χ0) is 39.9. The van der Waals surface area contributed by atoms with E-state index in [1.54, 1.807) is 72.9 Å². The van der Waals surface area contributed by atoms with Gasteiger partial charge in [-0.2, -0.15) is 4.72 Å². The number of carbonyl (C=O) groups excluding carboxylic acids is 1. The number of nitrogens with zero attached hydrogens (tertiary/aromatic N) is 1. The van der Waals surface area contributed by atoms with E-state index in [-0.39, 0.29) is 17.0 Å². The van der Waals surface area contributed by atoms with Gasteiger partial charge in [-0.15, -0.1) is 22.7 Å². The van der Waals surface area contributed by atoms with Gasteiger partial charge in [0.05, 0.1) is 11.5 Å². The van der Waals surface area contributed by atoms with E-state index in [0.717, 1.165) is 25.7 Å². The number of carbonyl (C=O) groups is 2. The first-order chi connectivity index (χ1) is 27.3. The van der Waals surface area contributed by atoms with Crippen molar-refractivity contribution in [2.75, 3.05) is 0 Å². The zero-order valence-corrected chi connectivity index (χ0v) is 33.1. The molecule has 8 rings (SSSR count). The van der Waals surface area contributed by atoms with Crippen molar-refractivity contribution in [1.82, 2.24) is 24.5 Å². The highest BCUT2D eigenvalue weighted by Gasteiger charge is 2.43. The van der Waals surface area contributed by atoms with Crippen LogP contribution >= 0.6 is 22.7 Å². The molecule has 6 N–H and O–H groups in total. The number of sulfonamides is 2. The Morgan fingerprint density at radius 2 is 1.25 bits per heavy atom. The minimum absolute atomic E-state index is 0.0778. The first-order valence-corrected chi connectivity index (χ1v) is 22.7. The van der Waals surface area contributed by atoms with Crippen molar-refractivity contribution in [1.29, 1.82) is 0 Å². The lowest BCUT2D eigenvalue weighted by molar-refractivity contribution is -0.183. The first-order valence-electron chi connectivity index (χ1n) is 17.6. The van der Waals surface area contributed by atoms with Crippen molar-refractivity contribution < 1.29 is 36.7 Å². The van der Waals surface area contributed by atoms with Crippen LogP contribution in [0.15, 0.2) is 120 Å². The second-order valence-corrected chi connectivity index (χ2v) is 19.1. The van der Waals surface area contributed by atoms with E-state index in [1.807, 2.05) is 41.1 Å². The Hall–Kier alpha value is -5.40. The molecule has 57 heavy (non-hydrogen) atoms. The summed E-state index contributed by atoms with van der Waals surface area (Å²) in [6.07, 6.45) is 2.77. The second-order valence-electron chi connectivity index (χ2n) is 13.7. The highest BCUT2D eigenvalue weighted by molar-refractivity contribution is 7.89. The quantitative estimate of drug-likeness (QED) is 0.0487. The van der Waals surface area contributed by atoms with Gasteiger partial charge in [0.25, 0.3) is 5.91 Å². The number of carboxylic acids is 1. The van der Waals surface area contributed by atoms with Gasteiger partial charge < -0.3 is 15.1 Å². The lowest BCUT2D eigenvalue weighted by atomic mass is 9.97. The fraction of sp³-hybridized carbons (Fsp3) is 0.150. The summed E-state index contributed by atoms with van der Waals surface area (Å²) in [5.41, 5.74) is 2.72. The van der Waals surface area contributed by atoms with Crippen molar-refractivity contribution in [3.8, 4) is 0 Å². The lowest BCUT2D eigenvalue weighted by Crippen LogP contribution is -2.55. The molecule has 13 nitrogen and oxygen atoms in total. The number of nitrogens with one attached hydrogen (secondary N) is 4. The van der Waals surface area contributed by atoms with Crippen molar-refractivity contribution in [2.45, 2.75) is 36.1 Å². The third-order valence-electron chi connectivity index (χ3n) is 9.78. The minimum atomic E-state index is -4.44. The number of hydrogen-bond acceptors (Lipinski definition) is 9. The molecule has 0 spiro atoms. The maximum Gasteiger partial charge on any atom is 0.324 e. The van der Waals surface area contributed by atoms with Crippen molar-refractivity contribution >= 4 is 96.6 Å². The number of amides is 1. The highest BCUT2D eigenvalue weighted by atomic mass is 32.2. The van der Waals surface area contributed by atoms with Crippen molar-refractivity contribution in [3.05, 3.63) is 142 Å². The molecule has 4 heterocycles. The van der Waals surface area contributed by atoms with E-state index in [9.17, 15) is 36.7 Å². The number of rotatable bonds is 15. The summed E-state index contributed by atoms with van der Waals surface area (Å²) in [7, 11) is -8.74. The monoisotopic (exact) mass is 841 g/mol. The number of thiophene rings is 2. The van der Waals surface area contributed by atoms with Crippen LogP contribution in [-0.4, -0.2) is 66.1 Å². The Labute approximate surface area is 334 Å². The molecule has 1 unspecified atom stereocenters. The molecule has 1 amide bonds. The minimum Gasteiger partial charge on any atom is -0.480 e. The van der Waals surface area contributed by atoms with Crippen molar-refractivity contribution in [2.24, 2.45) is 0 Å². The maximum atomic E-state index is 14.7. The summed E-state index contributed by atoms with van der Waals surface area (Å²) in [6, 6.07) is 22.3. The van der Waals surface area contributed by atoms with Crippen LogP contribution in [0.4, 0.5) is 0 Å². The number of fused-ring (bicyclic) bond motifs is 4. The molecule has 8 aromatic rings. The van der Waals surface area contributed by atoms with Crippen LogP contribution in [0.2, 0.25) is 0 Å². The average molecular weight is 842 g/mol. The van der Waals surface area contributed by atoms with Gasteiger partial charge in [-0.3, -0.25) is 14.8 Å². The number of carboxylic acid groups (broad SMARTS) is 1. The number of H-pyrrole nitrogens is 2. The molecule has 0 aliphatic rings. The summed E-state index contributed by atoms with van der Waals surface area (Å²) < 4.78 is 61.9. The van der Waals surface area contributed by atoms with Crippen LogP contribution in [0, 0.1) is 0 Å². The molecule has 4 aromatic heterocycles. The average Bonchev–Trinajstić information content (AvgIpc) is 4.00. The molecule has 3 atom stereocenters. The molecule has 17 heteroatoms. The molecule has 0 radical (unpaired) electrons. The number of aliphatic carboxylic acids is 1. The maximum absolute atomic E-state index is 14.7. The molecule has 0 bridgehead atoms. The molecule has 0 saturated heterocycles. The SMILES string of the molecule is O=C(O)[C@H](NS(=O)(=O)Cc1ccc2sccc2c1)C(c1c[nH]c2ccccc12)N(O)C(=O)[C@@H](Cc1c[nH]c2ccccc12)NS(=O)(=O)Cc1ccc2sccc2c1. The molecule has 0 aliphatic heterocycles. The summed E-state index contributed by atoms with van der Waals surface area (Å²) in [4.78, 5) is 34.0. The molecule has 0 fully saturated rings. The Morgan fingerprint density at radius 1 is 0.702 bits per heavy atom. The van der Waals surface area contributed by atoms with Crippen LogP contribution in [-0.2, 0) is 47.6 Å². The van der Waals surface area contributed by atoms with Crippen LogP contribution in [0.3, 0.4) is 0 Å². The number of para-hydroxylation sites is 2. The first kappa shape index (κ1) is 38.5. The Kier molecular flexibility index (Phi) is 10.5. The predicted molar refractivity (Wildman–Crippen MR) is 222 cm³/mol. The number of aromatic amines is 2. The summed E-state index contributed by atoms with van der Waals surface area (Å²) >= 11 is 3.00. The van der Waals surface area contributed by atoms with Crippen LogP contribution in [0.25, 0.3) is 42.0 Å². The van der Waals surface area contributed by atoms with Gasteiger partial charge >= 0.3 is 5.97 Å². The predicted octanol–water partition coefficient (Wildman–Crippen LogP) is 6.64. The van der Waals surface area contributed by atoms with Gasteiger partial charge in [0.2, 0.25) is 20.0 Å². The second kappa shape index (κ2) is 15.5. The number of hydrogen-bond donors (Lipinski definition) is 6. The van der Waals surface area contributed by atoms with Crippen LogP contribution < -0.4 is 9.44 Å². The van der Waals surface area contributed by atoms with Gasteiger partial charge in [0, 0.05) is 49.2 Å². The largest absolute Gasteiger partial charge is 0.480 e. The van der Waals surface area contributed by atoms with E-state index < -0.39 is 61.6 Å². The normalized spacial score (nSPS) is 14.0. The van der Waals surface area contributed by atoms with E-state index in [0.29, 0.717) is 33.0 Å². The number of aromatic nitrogens is 2. The van der Waals surface area contributed by atoms with Crippen LogP contribution in [0.5, 0.6) is 0 Å². The van der Waals surface area contributed by atoms with Crippen LogP contribution in [0.1, 0.15) is 28.3 Å². The topological polar surface area (TPSA) is 202 Å². The zero-order valence-electron chi connectivity index (χ0n) is 29.8. The fourth-order valence-electron chi connectivity index (χ4n) is 7.18. The van der Waals surface area contributed by atoms with Gasteiger partial charge in [-0.25, -0.2) is 26.6 Å². The smallest absolute Gasteiger partial charge is 0.324 e. The summed E-state index contributed by atoms with van der Waals surface area (Å²) in [5, 5.41) is 29.4. The molecule has 0 aliphatic carbocycles. The summed E-state index contributed by atoms with van der Waals surface area (Å²) in [5.74, 6) is -3.99. The third kappa shape index (κ3) is 8.22. The Balaban J connectivity index is 1.16. The van der Waals surface area contributed by atoms with Gasteiger partial charge in [0.1, 0.15) is 18.1 Å². The van der Waals surface area contributed by atoms with Crippen molar-refractivity contribution in [3.63, 3.8) is 0 Å². The van der Waals surface area contributed by atoms with E-state index in [4.69, 9.17) is 0 Å². The molecule has 292 valence electrons. The molecular formula is C40H35N5O8S4. The Morgan fingerprint density at radius 3 is 1.86 bits per heavy atom. The third-order valence-corrected chi connectivity index (χ3v) is 14.3. The van der Waals surface area contributed by atoms with Gasteiger partial charge in [-0.05, 0) is 93.2 Å². The summed E-state index contributed by atoms with van der Waals surface area (Å²) in [6.45, 7) is 0. The van der Waals surface area contributed by atoms with Gasteiger partial charge in [0.15, 0.2) is 0 Å². The standard InChI is InChI=1S/C40H35N5O8S4/c46-39(34(19-28-20-41-32-7-3-1-5-29(28)32)43-56(50,51)22-24-9-11-35-26(17-24)13-15-54-35)45(49)38(31-21-42-33-8-4-2-6-30(31)33)37(40(47)48)44-57(52,53)23-25-10-12-36-27(18-25)14-16-55-36/h1-18,20-21,34,37-38,41-44,49H,19,22-23H2,(H,47,48)/t34-,37-,38?/m1/s1. The number of benzene rings is 4. The Bertz CT molecular complexity index is 3010. The van der Waals surface area contributed by atoms with Gasteiger partial charge in [-0.1, -0.05) is 48.5 Å². The molecule has 4 aromatic carbocycles. The molecule has 0 saturated carbocycles. The van der Waals surface area contributed by atoms with E-state index in [1.165, 1.54) is 28.9 Å². The highest BCUT2D eigenvalue weighted by Crippen LogP contribution is 2.33. The van der Waals surface area contributed by atoms with E-state index in [2.05, 4.69) is 19.4 Å².